The van der Waals surface area contributed by atoms with E-state index in [4.69, 9.17) is 0 Å². The number of hydrogen-bond acceptors (Lipinski definition) is 2. The molecule has 1 aromatic carbocycles. The second-order valence-electron chi connectivity index (χ2n) is 4.43. The molecule has 1 saturated heterocycles. The Bertz CT molecular complexity index is 413. The highest BCUT2D eigenvalue weighted by Crippen LogP contribution is 2.25. The summed E-state index contributed by atoms with van der Waals surface area (Å²) < 4.78 is 0. The minimum atomic E-state index is -0.313. The zero-order valence-corrected chi connectivity index (χ0v) is 10.1. The van der Waals surface area contributed by atoms with Gasteiger partial charge in [0.15, 0.2) is 0 Å². The summed E-state index contributed by atoms with van der Waals surface area (Å²) in [6.07, 6.45) is 1.99. The molecule has 3 nitrogen and oxygen atoms in total. The van der Waals surface area contributed by atoms with Crippen LogP contribution in [0, 0.1) is 0 Å². The van der Waals surface area contributed by atoms with Crippen molar-refractivity contribution in [2.24, 2.45) is 0 Å². The van der Waals surface area contributed by atoms with Gasteiger partial charge >= 0.3 is 0 Å². The van der Waals surface area contributed by atoms with Gasteiger partial charge in [0.05, 0.1) is 5.92 Å². The molecule has 0 saturated carbocycles. The van der Waals surface area contributed by atoms with E-state index in [0.717, 1.165) is 18.4 Å². The third kappa shape index (κ3) is 2.38. The molecule has 90 valence electrons. The van der Waals surface area contributed by atoms with Gasteiger partial charge in [-0.1, -0.05) is 43.7 Å². The Labute approximate surface area is 101 Å². The molecule has 0 spiro atoms. The Morgan fingerprint density at radius 1 is 1.24 bits per heavy atom. The van der Waals surface area contributed by atoms with E-state index in [0.29, 0.717) is 13.1 Å². The summed E-state index contributed by atoms with van der Waals surface area (Å²) in [7, 11) is 0. The minimum absolute atomic E-state index is 0.257. The van der Waals surface area contributed by atoms with E-state index < -0.39 is 0 Å². The standard InChI is InChI=1S/C14H17NO2/c1-2-3-9-15-10-12(13(16)14(15)17)11-7-5-4-6-8-11/h4-8,12H,2-3,9-10H2,1H3. The van der Waals surface area contributed by atoms with E-state index in [1.165, 1.54) is 0 Å². The predicted molar refractivity (Wildman–Crippen MR) is 65.7 cm³/mol. The van der Waals surface area contributed by atoms with Crippen LogP contribution in [0.25, 0.3) is 0 Å². The van der Waals surface area contributed by atoms with Crippen molar-refractivity contribution in [3.8, 4) is 0 Å². The fourth-order valence-electron chi connectivity index (χ4n) is 2.18. The van der Waals surface area contributed by atoms with Gasteiger partial charge in [-0.05, 0) is 12.0 Å². The van der Waals surface area contributed by atoms with Gasteiger partial charge in [0.25, 0.3) is 5.91 Å². The number of amides is 1. The third-order valence-corrected chi connectivity index (χ3v) is 3.20. The van der Waals surface area contributed by atoms with Gasteiger partial charge in [0.2, 0.25) is 5.78 Å². The van der Waals surface area contributed by atoms with E-state index >= 15 is 0 Å². The Morgan fingerprint density at radius 2 is 1.94 bits per heavy atom. The van der Waals surface area contributed by atoms with Crippen LogP contribution in [-0.4, -0.2) is 29.7 Å². The van der Waals surface area contributed by atoms with Crippen molar-refractivity contribution in [3.05, 3.63) is 35.9 Å². The van der Waals surface area contributed by atoms with Gasteiger partial charge in [-0.3, -0.25) is 9.59 Å². The number of unbranched alkanes of at least 4 members (excludes halogenated alkanes) is 1. The lowest BCUT2D eigenvalue weighted by molar-refractivity contribution is -0.140. The van der Waals surface area contributed by atoms with E-state index in [2.05, 4.69) is 6.92 Å². The smallest absolute Gasteiger partial charge is 0.290 e. The van der Waals surface area contributed by atoms with Crippen LogP contribution in [0.2, 0.25) is 0 Å². The Kier molecular flexibility index (Phi) is 3.57. The van der Waals surface area contributed by atoms with Crippen molar-refractivity contribution in [1.29, 1.82) is 0 Å². The second-order valence-corrected chi connectivity index (χ2v) is 4.43. The van der Waals surface area contributed by atoms with Crippen molar-refractivity contribution in [2.75, 3.05) is 13.1 Å². The zero-order chi connectivity index (χ0) is 12.3. The summed E-state index contributed by atoms with van der Waals surface area (Å²) in [5, 5.41) is 0. The zero-order valence-electron chi connectivity index (χ0n) is 10.1. The summed E-state index contributed by atoms with van der Waals surface area (Å²) in [6, 6.07) is 9.56. The molecule has 0 bridgehead atoms. The second kappa shape index (κ2) is 5.13. The predicted octanol–water partition coefficient (Wildman–Crippen LogP) is 1.98. The minimum Gasteiger partial charge on any atom is -0.335 e. The molecule has 3 heteroatoms. The van der Waals surface area contributed by atoms with Crippen LogP contribution in [0.5, 0.6) is 0 Å². The van der Waals surface area contributed by atoms with Gasteiger partial charge < -0.3 is 4.90 Å². The van der Waals surface area contributed by atoms with Gasteiger partial charge in [0, 0.05) is 13.1 Å². The van der Waals surface area contributed by atoms with Crippen LogP contribution in [0.3, 0.4) is 0 Å². The molecule has 1 heterocycles. The number of likely N-dealkylation sites (tertiary alicyclic amines) is 1. The van der Waals surface area contributed by atoms with Crippen LogP contribution in [0.15, 0.2) is 30.3 Å². The highest BCUT2D eigenvalue weighted by molar-refractivity contribution is 6.40. The number of carbonyl (C=O) groups is 2. The maximum atomic E-state index is 11.9. The number of hydrogen-bond donors (Lipinski definition) is 0. The number of benzene rings is 1. The molecule has 1 atom stereocenters. The van der Waals surface area contributed by atoms with E-state index in [1.54, 1.807) is 4.90 Å². The molecule has 1 aliphatic rings. The number of ketones is 1. The lowest BCUT2D eigenvalue weighted by Crippen LogP contribution is -2.28. The highest BCUT2D eigenvalue weighted by atomic mass is 16.2. The van der Waals surface area contributed by atoms with Crippen LogP contribution in [-0.2, 0) is 9.59 Å². The average molecular weight is 231 g/mol. The topological polar surface area (TPSA) is 37.4 Å². The first-order valence-corrected chi connectivity index (χ1v) is 6.12. The number of nitrogens with zero attached hydrogens (tertiary/aromatic N) is 1. The monoisotopic (exact) mass is 231 g/mol. The molecule has 1 amide bonds. The fraction of sp³-hybridized carbons (Fsp3) is 0.429. The highest BCUT2D eigenvalue weighted by Gasteiger charge is 2.38. The van der Waals surface area contributed by atoms with Crippen LogP contribution in [0.1, 0.15) is 31.2 Å². The molecule has 1 fully saturated rings. The van der Waals surface area contributed by atoms with Gasteiger partial charge in [0.1, 0.15) is 0 Å². The van der Waals surface area contributed by atoms with E-state index in [1.807, 2.05) is 30.3 Å². The molecule has 1 unspecified atom stereocenters. The Morgan fingerprint density at radius 3 is 2.59 bits per heavy atom. The largest absolute Gasteiger partial charge is 0.335 e. The van der Waals surface area contributed by atoms with Crippen molar-refractivity contribution in [2.45, 2.75) is 25.7 Å². The summed E-state index contributed by atoms with van der Waals surface area (Å²) in [4.78, 5) is 25.3. The Balaban J connectivity index is 2.12. The molecular weight excluding hydrogens is 214 g/mol. The van der Waals surface area contributed by atoms with Crippen molar-refractivity contribution < 1.29 is 9.59 Å². The molecule has 1 aliphatic heterocycles. The maximum absolute atomic E-state index is 11.9. The summed E-state index contributed by atoms with van der Waals surface area (Å²) >= 11 is 0. The molecule has 0 N–H and O–H groups in total. The van der Waals surface area contributed by atoms with Gasteiger partial charge in [-0.2, -0.15) is 0 Å². The van der Waals surface area contributed by atoms with Crippen LogP contribution < -0.4 is 0 Å². The van der Waals surface area contributed by atoms with Crippen LogP contribution >= 0.6 is 0 Å². The molecule has 2 rings (SSSR count). The number of Topliss-reactive ketones (excluding diaryl/α,β-unsaturated/α-hetero) is 1. The molecule has 1 aromatic rings. The first kappa shape index (κ1) is 11.8. The molecule has 0 aliphatic carbocycles. The van der Waals surface area contributed by atoms with Crippen LogP contribution in [0.4, 0.5) is 0 Å². The van der Waals surface area contributed by atoms with Crippen molar-refractivity contribution >= 4 is 11.7 Å². The van der Waals surface area contributed by atoms with E-state index in [-0.39, 0.29) is 17.6 Å². The number of rotatable bonds is 4. The summed E-state index contributed by atoms with van der Waals surface area (Å²) in [6.45, 7) is 3.32. The lowest BCUT2D eigenvalue weighted by Gasteiger charge is -2.14. The maximum Gasteiger partial charge on any atom is 0.290 e. The molecule has 17 heavy (non-hydrogen) atoms. The molecule has 0 aromatic heterocycles. The quantitative estimate of drug-likeness (QED) is 0.743. The average Bonchev–Trinajstić information content (AvgIpc) is 2.65. The van der Waals surface area contributed by atoms with Crippen molar-refractivity contribution in [3.63, 3.8) is 0 Å². The summed E-state index contributed by atoms with van der Waals surface area (Å²) in [5.41, 5.74) is 0.949. The molecular formula is C14H17NO2. The normalized spacial score (nSPS) is 20.1. The molecule has 0 radical (unpaired) electrons. The van der Waals surface area contributed by atoms with Crippen molar-refractivity contribution in [1.82, 2.24) is 4.90 Å². The summed E-state index contributed by atoms with van der Waals surface area (Å²) in [5.74, 6) is -0.833. The number of carbonyl (C=O) groups excluding carboxylic acids is 2. The first-order valence-electron chi connectivity index (χ1n) is 6.12. The SMILES string of the molecule is CCCCN1CC(c2ccccc2)C(=O)C1=O. The Hall–Kier alpha value is -1.64. The lowest BCUT2D eigenvalue weighted by atomic mass is 9.97. The van der Waals surface area contributed by atoms with Gasteiger partial charge in [-0.25, -0.2) is 0 Å². The third-order valence-electron chi connectivity index (χ3n) is 3.20. The van der Waals surface area contributed by atoms with Gasteiger partial charge in [-0.15, -0.1) is 0 Å². The van der Waals surface area contributed by atoms with E-state index in [9.17, 15) is 9.59 Å². The first-order chi connectivity index (χ1) is 8.24. The fourth-order valence-corrected chi connectivity index (χ4v) is 2.18.